The van der Waals surface area contributed by atoms with Crippen molar-refractivity contribution in [3.63, 3.8) is 0 Å². The number of halogens is 1. The minimum Gasteiger partial charge on any atom is -0.493 e. The smallest absolute Gasteiger partial charge is 0.279 e. The average molecular weight is 419 g/mol. The van der Waals surface area contributed by atoms with Crippen molar-refractivity contribution in [2.45, 2.75) is 6.42 Å². The van der Waals surface area contributed by atoms with Crippen molar-refractivity contribution in [2.75, 3.05) is 26.8 Å². The lowest BCUT2D eigenvalue weighted by Gasteiger charge is -2.28. The summed E-state index contributed by atoms with van der Waals surface area (Å²) in [5.41, 5.74) is 0.540. The zero-order chi connectivity index (χ0) is 18.5. The van der Waals surface area contributed by atoms with E-state index in [-0.39, 0.29) is 18.4 Å². The van der Waals surface area contributed by atoms with E-state index in [1.165, 1.54) is 10.0 Å². The Morgan fingerprint density at radius 1 is 1.00 bits per heavy atom. The Morgan fingerprint density at radius 3 is 2.35 bits per heavy atom. The fraction of sp³-hybridized carbons (Fsp3) is 0.263. The predicted molar refractivity (Wildman–Crippen MR) is 100.0 cm³/mol. The van der Waals surface area contributed by atoms with E-state index in [2.05, 4.69) is 15.9 Å². The molecule has 1 saturated heterocycles. The molecule has 0 aliphatic carbocycles. The number of hydrazine groups is 1. The number of benzene rings is 2. The molecule has 1 aliphatic rings. The fourth-order valence-electron chi connectivity index (χ4n) is 2.78. The number of ether oxygens (including phenoxy) is 2. The monoisotopic (exact) mass is 418 g/mol. The first-order valence-corrected chi connectivity index (χ1v) is 9.03. The molecule has 26 heavy (non-hydrogen) atoms. The lowest BCUT2D eigenvalue weighted by Crippen LogP contribution is -2.46. The number of para-hydroxylation sites is 2. The van der Waals surface area contributed by atoms with Crippen LogP contribution in [-0.4, -0.2) is 48.6 Å². The summed E-state index contributed by atoms with van der Waals surface area (Å²) >= 11 is 3.35. The largest absolute Gasteiger partial charge is 0.493 e. The number of hydrogen-bond donors (Lipinski definition) is 0. The summed E-state index contributed by atoms with van der Waals surface area (Å²) in [7, 11) is 1.54. The molecule has 2 aromatic carbocycles. The third-order valence-corrected chi connectivity index (χ3v) is 4.59. The second-order valence-corrected chi connectivity index (χ2v) is 6.66. The number of rotatable bonds is 5. The Hall–Kier alpha value is -2.54. The molecule has 0 atom stereocenters. The lowest BCUT2D eigenvalue weighted by atomic mass is 10.2. The van der Waals surface area contributed by atoms with Crippen LogP contribution in [0.25, 0.3) is 0 Å². The van der Waals surface area contributed by atoms with Gasteiger partial charge in [0.1, 0.15) is 0 Å². The maximum absolute atomic E-state index is 12.7. The molecular formula is C19H19BrN2O4. The molecule has 6 nitrogen and oxygen atoms in total. The molecular weight excluding hydrogens is 400 g/mol. The second-order valence-electron chi connectivity index (χ2n) is 5.75. The van der Waals surface area contributed by atoms with Gasteiger partial charge >= 0.3 is 0 Å². The first-order valence-electron chi connectivity index (χ1n) is 8.23. The van der Waals surface area contributed by atoms with Crippen LogP contribution in [0, 0.1) is 0 Å². The Kier molecular flexibility index (Phi) is 5.78. The highest BCUT2D eigenvalue weighted by atomic mass is 79.9. The molecule has 0 radical (unpaired) electrons. The molecule has 0 spiro atoms. The van der Waals surface area contributed by atoms with Gasteiger partial charge in [-0.2, -0.15) is 0 Å². The molecule has 0 bridgehead atoms. The maximum Gasteiger partial charge on any atom is 0.279 e. The molecule has 1 aliphatic heterocycles. The Labute approximate surface area is 160 Å². The summed E-state index contributed by atoms with van der Waals surface area (Å²) in [6, 6.07) is 14.2. The van der Waals surface area contributed by atoms with Crippen LogP contribution in [0.1, 0.15) is 16.8 Å². The molecule has 7 heteroatoms. The Bertz CT molecular complexity index is 794. The molecule has 136 valence electrons. The van der Waals surface area contributed by atoms with Crippen molar-refractivity contribution >= 4 is 27.7 Å². The number of carbonyl (C=O) groups excluding carboxylic acids is 2. The van der Waals surface area contributed by atoms with Gasteiger partial charge in [-0.05, 0) is 42.8 Å². The van der Waals surface area contributed by atoms with Gasteiger partial charge in [0, 0.05) is 23.1 Å². The van der Waals surface area contributed by atoms with Crippen LogP contribution in [-0.2, 0) is 4.79 Å². The summed E-state index contributed by atoms with van der Waals surface area (Å²) in [6.45, 7) is 0.843. The molecule has 3 rings (SSSR count). The van der Waals surface area contributed by atoms with E-state index >= 15 is 0 Å². The zero-order valence-corrected chi connectivity index (χ0v) is 15.9. The van der Waals surface area contributed by atoms with Crippen LogP contribution < -0.4 is 9.47 Å². The number of nitrogens with zero attached hydrogens (tertiary/aromatic N) is 2. The average Bonchev–Trinajstić information content (AvgIpc) is 3.16. The summed E-state index contributed by atoms with van der Waals surface area (Å²) in [6.07, 6.45) is 0.739. The molecule has 0 saturated carbocycles. The van der Waals surface area contributed by atoms with Crippen molar-refractivity contribution < 1.29 is 19.1 Å². The van der Waals surface area contributed by atoms with E-state index in [1.807, 2.05) is 12.1 Å². The Morgan fingerprint density at radius 2 is 1.65 bits per heavy atom. The molecule has 2 amide bonds. The van der Waals surface area contributed by atoms with Crippen LogP contribution in [0.3, 0.4) is 0 Å². The van der Waals surface area contributed by atoms with Crippen LogP contribution in [0.4, 0.5) is 0 Å². The van der Waals surface area contributed by atoms with Crippen molar-refractivity contribution in [3.05, 3.63) is 58.6 Å². The number of hydrogen-bond acceptors (Lipinski definition) is 4. The highest BCUT2D eigenvalue weighted by Gasteiger charge is 2.31. The zero-order valence-electron chi connectivity index (χ0n) is 14.4. The highest BCUT2D eigenvalue weighted by molar-refractivity contribution is 9.10. The molecule has 0 aromatic heterocycles. The predicted octanol–water partition coefficient (Wildman–Crippen LogP) is 3.13. The first-order chi connectivity index (χ1) is 12.6. The minimum atomic E-state index is -0.265. The first kappa shape index (κ1) is 18.3. The normalized spacial score (nSPS) is 13.6. The summed E-state index contributed by atoms with van der Waals surface area (Å²) in [4.78, 5) is 25.3. The molecule has 0 unspecified atom stereocenters. The van der Waals surface area contributed by atoms with Gasteiger partial charge in [0.05, 0.1) is 7.11 Å². The summed E-state index contributed by atoms with van der Waals surface area (Å²) < 4.78 is 11.7. The van der Waals surface area contributed by atoms with Gasteiger partial charge in [0.25, 0.3) is 11.8 Å². The fourth-order valence-corrected chi connectivity index (χ4v) is 3.04. The van der Waals surface area contributed by atoms with E-state index < -0.39 is 0 Å². The highest BCUT2D eigenvalue weighted by Crippen LogP contribution is 2.26. The lowest BCUT2D eigenvalue weighted by molar-refractivity contribution is -0.142. The van der Waals surface area contributed by atoms with E-state index in [9.17, 15) is 9.59 Å². The van der Waals surface area contributed by atoms with Gasteiger partial charge in [0.15, 0.2) is 18.1 Å². The van der Waals surface area contributed by atoms with Gasteiger partial charge in [-0.3, -0.25) is 9.59 Å². The van der Waals surface area contributed by atoms with Crippen molar-refractivity contribution in [3.8, 4) is 11.5 Å². The topological polar surface area (TPSA) is 59.1 Å². The molecule has 2 aromatic rings. The SMILES string of the molecule is COc1ccccc1OCC(=O)N1CCCN1C(=O)c1ccc(Br)cc1. The van der Waals surface area contributed by atoms with Gasteiger partial charge in [0.2, 0.25) is 0 Å². The van der Waals surface area contributed by atoms with Crippen LogP contribution in [0.15, 0.2) is 53.0 Å². The van der Waals surface area contributed by atoms with Crippen molar-refractivity contribution in [1.29, 1.82) is 0 Å². The van der Waals surface area contributed by atoms with Gasteiger partial charge in [-0.25, -0.2) is 10.0 Å². The van der Waals surface area contributed by atoms with E-state index in [4.69, 9.17) is 9.47 Å². The van der Waals surface area contributed by atoms with Crippen LogP contribution in [0.5, 0.6) is 11.5 Å². The van der Waals surface area contributed by atoms with Crippen LogP contribution in [0.2, 0.25) is 0 Å². The number of carbonyl (C=O) groups is 2. The minimum absolute atomic E-state index is 0.162. The number of methoxy groups -OCH3 is 1. The van der Waals surface area contributed by atoms with Crippen LogP contribution >= 0.6 is 15.9 Å². The molecule has 0 N–H and O–H groups in total. The van der Waals surface area contributed by atoms with Gasteiger partial charge in [-0.1, -0.05) is 28.1 Å². The van der Waals surface area contributed by atoms with Crippen molar-refractivity contribution in [1.82, 2.24) is 10.0 Å². The standard InChI is InChI=1S/C19H19BrN2O4/c1-25-16-5-2-3-6-17(16)26-13-18(23)21-11-4-12-22(21)19(24)14-7-9-15(20)10-8-14/h2-3,5-10H,4,11-13H2,1H3. The molecule has 1 heterocycles. The molecule has 1 fully saturated rings. The maximum atomic E-state index is 12.7. The van der Waals surface area contributed by atoms with Crippen molar-refractivity contribution in [2.24, 2.45) is 0 Å². The van der Waals surface area contributed by atoms with E-state index in [1.54, 1.807) is 43.5 Å². The summed E-state index contributed by atoms with van der Waals surface area (Å²) in [5.74, 6) is 0.595. The summed E-state index contributed by atoms with van der Waals surface area (Å²) in [5, 5.41) is 2.94. The third-order valence-electron chi connectivity index (χ3n) is 4.06. The van der Waals surface area contributed by atoms with Gasteiger partial charge in [-0.15, -0.1) is 0 Å². The van der Waals surface area contributed by atoms with Gasteiger partial charge < -0.3 is 9.47 Å². The quantitative estimate of drug-likeness (QED) is 0.748. The van der Waals surface area contributed by atoms with E-state index in [0.717, 1.165) is 10.9 Å². The van der Waals surface area contributed by atoms with E-state index in [0.29, 0.717) is 30.2 Å². The Balaban J connectivity index is 1.66. The second kappa shape index (κ2) is 8.23. The number of amides is 2. The third kappa shape index (κ3) is 3.99.